The van der Waals surface area contributed by atoms with Gasteiger partial charge in [0.1, 0.15) is 0 Å². The highest BCUT2D eigenvalue weighted by Crippen LogP contribution is 2.34. The van der Waals surface area contributed by atoms with Crippen molar-refractivity contribution < 1.29 is 13.2 Å². The third-order valence-corrected chi connectivity index (χ3v) is 8.94. The molecule has 1 saturated heterocycles. The first kappa shape index (κ1) is 24.2. The molecule has 2 fully saturated rings. The summed E-state index contributed by atoms with van der Waals surface area (Å²) >= 11 is 0. The molecule has 0 bridgehead atoms. The highest BCUT2D eigenvalue weighted by atomic mass is 32.2. The molecule has 1 amide bonds. The van der Waals surface area contributed by atoms with E-state index in [0.29, 0.717) is 25.2 Å². The normalized spacial score (nSPS) is 20.5. The zero-order valence-electron chi connectivity index (χ0n) is 19.2. The van der Waals surface area contributed by atoms with Crippen LogP contribution in [0.3, 0.4) is 0 Å². The molecule has 2 aliphatic rings. The van der Waals surface area contributed by atoms with Crippen LogP contribution in [0.4, 0.5) is 0 Å². The zero-order chi connectivity index (χ0) is 22.3. The zero-order valence-corrected chi connectivity index (χ0v) is 20.1. The average molecular weight is 450 g/mol. The minimum absolute atomic E-state index is 0.0258. The Bertz CT molecular complexity index is 809. The predicted molar refractivity (Wildman–Crippen MR) is 126 cm³/mol. The molecule has 0 unspecified atom stereocenters. The Labute approximate surface area is 188 Å². The third kappa shape index (κ3) is 6.30. The number of rotatable bonds is 9. The van der Waals surface area contributed by atoms with Crippen molar-refractivity contribution in [2.45, 2.75) is 70.8 Å². The van der Waals surface area contributed by atoms with E-state index in [2.05, 4.69) is 17.1 Å². The molecule has 0 aromatic heterocycles. The van der Waals surface area contributed by atoms with Gasteiger partial charge in [0, 0.05) is 43.8 Å². The van der Waals surface area contributed by atoms with Gasteiger partial charge in [0.05, 0.1) is 5.75 Å². The smallest absolute Gasteiger partial charge is 0.251 e. The minimum Gasteiger partial charge on any atom is -0.350 e. The molecule has 0 radical (unpaired) electrons. The van der Waals surface area contributed by atoms with Crippen molar-refractivity contribution in [2.75, 3.05) is 38.5 Å². The van der Waals surface area contributed by atoms with E-state index in [1.165, 1.54) is 6.42 Å². The van der Waals surface area contributed by atoms with Gasteiger partial charge in [0.15, 0.2) is 0 Å². The molecule has 7 heteroatoms. The molecular formula is C24H39N3O3S. The topological polar surface area (TPSA) is 69.7 Å². The second-order valence-electron chi connectivity index (χ2n) is 9.24. The Balaban J connectivity index is 1.60. The first-order chi connectivity index (χ1) is 14.9. The number of amides is 1. The number of nitrogens with zero attached hydrogens (tertiary/aromatic N) is 2. The largest absolute Gasteiger partial charge is 0.350 e. The van der Waals surface area contributed by atoms with E-state index in [4.69, 9.17) is 0 Å². The van der Waals surface area contributed by atoms with Crippen LogP contribution in [0.1, 0.15) is 74.2 Å². The summed E-state index contributed by atoms with van der Waals surface area (Å²) in [5, 5.41) is 3.19. The quantitative estimate of drug-likeness (QED) is 0.585. The van der Waals surface area contributed by atoms with Gasteiger partial charge in [0.2, 0.25) is 10.0 Å². The van der Waals surface area contributed by atoms with Crippen molar-refractivity contribution >= 4 is 15.9 Å². The number of aryl methyl sites for hydroxylation is 1. The van der Waals surface area contributed by atoms with Crippen LogP contribution in [0.5, 0.6) is 0 Å². The van der Waals surface area contributed by atoms with Crippen LogP contribution < -0.4 is 5.32 Å². The molecule has 0 atom stereocenters. The van der Waals surface area contributed by atoms with Crippen LogP contribution in [0.2, 0.25) is 0 Å². The van der Waals surface area contributed by atoms with Gasteiger partial charge in [-0.3, -0.25) is 9.69 Å². The van der Waals surface area contributed by atoms with Crippen molar-refractivity contribution in [3.05, 3.63) is 35.4 Å². The van der Waals surface area contributed by atoms with Crippen LogP contribution in [-0.2, 0) is 10.0 Å². The Hall–Kier alpha value is -1.44. The summed E-state index contributed by atoms with van der Waals surface area (Å²) in [7, 11) is -3.16. The fraction of sp³-hybridized carbons (Fsp3) is 0.708. The maximum atomic E-state index is 12.7. The number of nitrogens with one attached hydrogen (secondary N) is 1. The molecule has 1 aliphatic carbocycles. The number of carbonyl (C=O) groups is 1. The molecule has 6 nitrogen and oxygen atoms in total. The molecule has 1 aromatic rings. The Morgan fingerprint density at radius 3 is 2.26 bits per heavy atom. The van der Waals surface area contributed by atoms with E-state index in [9.17, 15) is 13.2 Å². The lowest BCUT2D eigenvalue weighted by Crippen LogP contribution is -2.62. The maximum Gasteiger partial charge on any atom is 0.251 e. The molecule has 174 valence electrons. The molecule has 0 spiro atoms. The fourth-order valence-corrected chi connectivity index (χ4v) is 6.52. The number of benzene rings is 1. The number of carbonyl (C=O) groups excluding carboxylic acids is 1. The highest BCUT2D eigenvalue weighted by molar-refractivity contribution is 7.89. The molecular weight excluding hydrogens is 410 g/mol. The van der Waals surface area contributed by atoms with Crippen molar-refractivity contribution in [3.8, 4) is 0 Å². The average Bonchev–Trinajstić information content (AvgIpc) is 2.79. The summed E-state index contributed by atoms with van der Waals surface area (Å²) in [5.41, 5.74) is 1.78. The van der Waals surface area contributed by atoms with Gasteiger partial charge in [-0.1, -0.05) is 56.7 Å². The van der Waals surface area contributed by atoms with Crippen LogP contribution in [0, 0.1) is 6.92 Å². The van der Waals surface area contributed by atoms with E-state index in [-0.39, 0.29) is 17.2 Å². The molecule has 1 aromatic carbocycles. The number of unbranched alkanes of at least 4 members (excludes halogenated alkanes) is 2. The molecule has 31 heavy (non-hydrogen) atoms. The second-order valence-corrected chi connectivity index (χ2v) is 11.3. The molecule has 1 N–H and O–H groups in total. The monoisotopic (exact) mass is 449 g/mol. The lowest BCUT2D eigenvalue weighted by atomic mass is 9.79. The molecule has 3 rings (SSSR count). The van der Waals surface area contributed by atoms with Crippen molar-refractivity contribution in [1.82, 2.24) is 14.5 Å². The van der Waals surface area contributed by atoms with E-state index < -0.39 is 10.0 Å². The van der Waals surface area contributed by atoms with Crippen LogP contribution in [0.15, 0.2) is 24.3 Å². The van der Waals surface area contributed by atoms with Crippen molar-refractivity contribution in [2.24, 2.45) is 0 Å². The van der Waals surface area contributed by atoms with Gasteiger partial charge in [-0.05, 0) is 38.3 Å². The summed E-state index contributed by atoms with van der Waals surface area (Å²) in [5.74, 6) is 0.237. The van der Waals surface area contributed by atoms with Gasteiger partial charge in [-0.2, -0.15) is 4.31 Å². The minimum atomic E-state index is -3.16. The standard InChI is InChI=1S/C24H39N3O3S/c1-3-4-8-19-31(29,30)27-17-15-26(16-18-27)24(13-6-5-7-14-24)20-25-23(28)22-11-9-21(2)10-12-22/h9-12H,3-8,13-20H2,1-2H3,(H,25,28). The van der Waals surface area contributed by atoms with Crippen molar-refractivity contribution in [3.63, 3.8) is 0 Å². The van der Waals surface area contributed by atoms with Crippen LogP contribution in [0.25, 0.3) is 0 Å². The van der Waals surface area contributed by atoms with Gasteiger partial charge >= 0.3 is 0 Å². The SMILES string of the molecule is CCCCCS(=O)(=O)N1CCN(C2(CNC(=O)c3ccc(C)cc3)CCCCC2)CC1. The fourth-order valence-electron chi connectivity index (χ4n) is 4.97. The highest BCUT2D eigenvalue weighted by Gasteiger charge is 2.40. The Morgan fingerprint density at radius 1 is 1.00 bits per heavy atom. The lowest BCUT2D eigenvalue weighted by molar-refractivity contribution is 0.0240. The summed E-state index contributed by atoms with van der Waals surface area (Å²) in [4.78, 5) is 15.2. The summed E-state index contributed by atoms with van der Waals surface area (Å²) in [6.07, 6.45) is 8.41. The van der Waals surface area contributed by atoms with Crippen molar-refractivity contribution in [1.29, 1.82) is 0 Å². The van der Waals surface area contributed by atoms with E-state index in [1.807, 2.05) is 31.2 Å². The van der Waals surface area contributed by atoms with Crippen LogP contribution >= 0.6 is 0 Å². The van der Waals surface area contributed by atoms with E-state index >= 15 is 0 Å². The summed E-state index contributed by atoms with van der Waals surface area (Å²) in [6, 6.07) is 7.68. The summed E-state index contributed by atoms with van der Waals surface area (Å²) < 4.78 is 27.0. The third-order valence-electron chi connectivity index (χ3n) is 6.98. The lowest BCUT2D eigenvalue weighted by Gasteiger charge is -2.49. The van der Waals surface area contributed by atoms with E-state index in [1.54, 1.807) is 4.31 Å². The van der Waals surface area contributed by atoms with E-state index in [0.717, 1.165) is 63.6 Å². The maximum absolute atomic E-state index is 12.7. The number of sulfonamides is 1. The summed E-state index contributed by atoms with van der Waals surface area (Å²) in [6.45, 7) is 7.34. The molecule has 1 aliphatic heterocycles. The number of hydrogen-bond donors (Lipinski definition) is 1. The van der Waals surface area contributed by atoms with Gasteiger partial charge in [0.25, 0.3) is 5.91 Å². The first-order valence-electron chi connectivity index (χ1n) is 11.9. The predicted octanol–water partition coefficient (Wildman–Crippen LogP) is 3.57. The van der Waals surface area contributed by atoms with Gasteiger partial charge < -0.3 is 5.32 Å². The molecule has 1 heterocycles. The van der Waals surface area contributed by atoms with Gasteiger partial charge in [-0.25, -0.2) is 8.42 Å². The van der Waals surface area contributed by atoms with Crippen LogP contribution in [-0.4, -0.2) is 67.5 Å². The first-order valence-corrected chi connectivity index (χ1v) is 13.5. The molecule has 1 saturated carbocycles. The Morgan fingerprint density at radius 2 is 1.65 bits per heavy atom. The number of piperazine rings is 1. The van der Waals surface area contributed by atoms with Gasteiger partial charge in [-0.15, -0.1) is 0 Å². The number of hydrogen-bond acceptors (Lipinski definition) is 4. The second kappa shape index (κ2) is 10.9. The Kier molecular flexibility index (Phi) is 8.53.